The van der Waals surface area contributed by atoms with Crippen LogP contribution in [0.4, 0.5) is 0 Å². The van der Waals surface area contributed by atoms with E-state index in [-0.39, 0.29) is 0 Å². The number of hydrogen-bond donors (Lipinski definition) is 1. The van der Waals surface area contributed by atoms with Gasteiger partial charge in [0.2, 0.25) is 0 Å². The van der Waals surface area contributed by atoms with Crippen LogP contribution in [0.3, 0.4) is 0 Å². The summed E-state index contributed by atoms with van der Waals surface area (Å²) in [4.78, 5) is 0. The fraction of sp³-hybridized carbons (Fsp3) is 0. The Balaban J connectivity index is 0.000000128. The summed E-state index contributed by atoms with van der Waals surface area (Å²) in [5, 5.41) is 10.5. The van der Waals surface area contributed by atoms with Gasteiger partial charge in [0.15, 0.2) is 0 Å². The van der Waals surface area contributed by atoms with Gasteiger partial charge in [-0.1, -0.05) is 18.2 Å². The van der Waals surface area contributed by atoms with Crippen LogP contribution in [0.25, 0.3) is 11.0 Å². The van der Waals surface area contributed by atoms with Gasteiger partial charge in [-0.3, -0.25) is 0 Å². The molecule has 0 aliphatic rings. The molecule has 0 atom stereocenters. The van der Waals surface area contributed by atoms with Crippen LogP contribution < -0.4 is 0 Å². The summed E-state index contributed by atoms with van der Waals surface area (Å²) in [6.45, 7) is 0. The van der Waals surface area contributed by atoms with Gasteiger partial charge in [-0.15, -0.1) is 0 Å². The van der Waals surface area contributed by atoms with E-state index in [2.05, 4.69) is 15.4 Å². The van der Waals surface area contributed by atoms with E-state index in [9.17, 15) is 0 Å². The van der Waals surface area contributed by atoms with E-state index in [1.165, 1.54) is 0 Å². The first-order valence-corrected chi connectivity index (χ1v) is 4.19. The molecule has 0 amide bonds. The third kappa shape index (κ3) is 1.98. The molecule has 0 radical (unpaired) electrons. The summed E-state index contributed by atoms with van der Waals surface area (Å²) in [5.74, 6) is 0. The largest absolute Gasteiger partial charge is 0.464 e. The SMILES string of the molecule is c1ccc2occc2c1.c1cn[nH]n1. The molecule has 0 aliphatic heterocycles. The molecular weight excluding hydrogens is 178 g/mol. The van der Waals surface area contributed by atoms with Gasteiger partial charge >= 0.3 is 0 Å². The zero-order valence-electron chi connectivity index (χ0n) is 7.42. The molecule has 14 heavy (non-hydrogen) atoms. The number of rotatable bonds is 0. The Labute approximate surface area is 80.6 Å². The molecule has 0 aliphatic carbocycles. The lowest BCUT2D eigenvalue weighted by Gasteiger charge is -1.81. The summed E-state index contributed by atoms with van der Waals surface area (Å²) in [6, 6.07) is 9.90. The Morgan fingerprint density at radius 3 is 2.43 bits per heavy atom. The predicted octanol–water partition coefficient (Wildman–Crippen LogP) is 2.24. The molecule has 0 spiro atoms. The van der Waals surface area contributed by atoms with Crippen LogP contribution in [-0.2, 0) is 0 Å². The topological polar surface area (TPSA) is 54.7 Å². The maximum absolute atomic E-state index is 5.12. The minimum atomic E-state index is 0.956. The second kappa shape index (κ2) is 4.23. The third-order valence-electron chi connectivity index (χ3n) is 1.69. The highest BCUT2D eigenvalue weighted by Gasteiger charge is 1.89. The Kier molecular flexibility index (Phi) is 2.56. The molecule has 1 N–H and O–H groups in total. The smallest absolute Gasteiger partial charge is 0.133 e. The molecule has 2 aromatic heterocycles. The monoisotopic (exact) mass is 187 g/mol. The second-order valence-electron chi connectivity index (χ2n) is 2.61. The molecule has 70 valence electrons. The van der Waals surface area contributed by atoms with Gasteiger partial charge in [0.05, 0.1) is 18.7 Å². The second-order valence-corrected chi connectivity index (χ2v) is 2.61. The van der Waals surface area contributed by atoms with E-state index < -0.39 is 0 Å². The van der Waals surface area contributed by atoms with Crippen molar-refractivity contribution in [2.75, 3.05) is 0 Å². The highest BCUT2D eigenvalue weighted by atomic mass is 16.3. The standard InChI is InChI=1S/C8H6O.C2H3N3/c1-2-4-8-7(3-1)5-6-9-8;1-2-4-5-3-1/h1-6H;1-2H,(H,3,4,5). The Hall–Kier alpha value is -2.10. The van der Waals surface area contributed by atoms with Crippen molar-refractivity contribution < 1.29 is 4.42 Å². The maximum atomic E-state index is 5.12. The van der Waals surface area contributed by atoms with E-state index >= 15 is 0 Å². The number of para-hydroxylation sites is 1. The van der Waals surface area contributed by atoms with E-state index in [4.69, 9.17) is 4.42 Å². The lowest BCUT2D eigenvalue weighted by atomic mass is 10.3. The van der Waals surface area contributed by atoms with Crippen molar-refractivity contribution in [1.82, 2.24) is 15.4 Å². The molecular formula is C10H9N3O. The minimum absolute atomic E-state index is 0.956. The summed E-state index contributed by atoms with van der Waals surface area (Å²) >= 11 is 0. The fourth-order valence-corrected chi connectivity index (χ4v) is 1.07. The maximum Gasteiger partial charge on any atom is 0.133 e. The zero-order chi connectivity index (χ0) is 9.64. The van der Waals surface area contributed by atoms with Crippen LogP contribution in [0.1, 0.15) is 0 Å². The number of furan rings is 1. The van der Waals surface area contributed by atoms with Crippen LogP contribution in [0, 0.1) is 0 Å². The number of aromatic nitrogens is 3. The Bertz CT molecular complexity index is 425. The number of nitrogens with one attached hydrogen (secondary N) is 1. The molecule has 0 saturated carbocycles. The number of aromatic amines is 1. The van der Waals surface area contributed by atoms with Crippen molar-refractivity contribution in [3.8, 4) is 0 Å². The van der Waals surface area contributed by atoms with E-state index in [1.807, 2.05) is 30.3 Å². The van der Waals surface area contributed by atoms with Gasteiger partial charge in [-0.2, -0.15) is 15.4 Å². The third-order valence-corrected chi connectivity index (χ3v) is 1.69. The fourth-order valence-electron chi connectivity index (χ4n) is 1.07. The lowest BCUT2D eigenvalue weighted by molar-refractivity contribution is 0.616. The van der Waals surface area contributed by atoms with Crippen molar-refractivity contribution in [2.24, 2.45) is 0 Å². The molecule has 0 saturated heterocycles. The van der Waals surface area contributed by atoms with Crippen molar-refractivity contribution in [1.29, 1.82) is 0 Å². The van der Waals surface area contributed by atoms with Crippen LogP contribution >= 0.6 is 0 Å². The van der Waals surface area contributed by atoms with Crippen molar-refractivity contribution >= 4 is 11.0 Å². The first-order chi connectivity index (χ1) is 6.97. The van der Waals surface area contributed by atoms with Gasteiger partial charge in [-0.25, -0.2) is 0 Å². The van der Waals surface area contributed by atoms with Crippen LogP contribution in [0.15, 0.2) is 53.4 Å². The van der Waals surface area contributed by atoms with Crippen LogP contribution in [0.2, 0.25) is 0 Å². The molecule has 3 aromatic rings. The molecule has 3 rings (SSSR count). The summed E-state index contributed by atoms with van der Waals surface area (Å²) < 4.78 is 5.12. The average Bonchev–Trinajstić information content (AvgIpc) is 2.92. The summed E-state index contributed by atoms with van der Waals surface area (Å²) in [7, 11) is 0. The highest BCUT2D eigenvalue weighted by molar-refractivity contribution is 5.76. The minimum Gasteiger partial charge on any atom is -0.464 e. The van der Waals surface area contributed by atoms with E-state index in [0.29, 0.717) is 0 Å². The van der Waals surface area contributed by atoms with E-state index in [0.717, 1.165) is 11.0 Å². The number of benzene rings is 1. The van der Waals surface area contributed by atoms with E-state index in [1.54, 1.807) is 18.7 Å². The predicted molar refractivity (Wildman–Crippen MR) is 52.6 cm³/mol. The zero-order valence-corrected chi connectivity index (χ0v) is 7.42. The molecule has 0 fully saturated rings. The molecule has 4 heteroatoms. The van der Waals surface area contributed by atoms with Gasteiger partial charge < -0.3 is 4.42 Å². The molecule has 0 unspecified atom stereocenters. The Morgan fingerprint density at radius 1 is 1.00 bits per heavy atom. The number of hydrogen-bond acceptors (Lipinski definition) is 3. The van der Waals surface area contributed by atoms with Crippen LogP contribution in [-0.4, -0.2) is 15.4 Å². The summed E-state index contributed by atoms with van der Waals surface area (Å²) in [5.41, 5.74) is 0.956. The molecule has 4 nitrogen and oxygen atoms in total. The summed E-state index contributed by atoms with van der Waals surface area (Å²) in [6.07, 6.45) is 4.87. The number of nitrogens with zero attached hydrogens (tertiary/aromatic N) is 2. The highest BCUT2D eigenvalue weighted by Crippen LogP contribution is 2.12. The lowest BCUT2D eigenvalue weighted by Crippen LogP contribution is -1.61. The van der Waals surface area contributed by atoms with Crippen molar-refractivity contribution in [3.05, 3.63) is 49.0 Å². The first-order valence-electron chi connectivity index (χ1n) is 4.19. The van der Waals surface area contributed by atoms with Crippen molar-refractivity contribution in [2.45, 2.75) is 0 Å². The quantitative estimate of drug-likeness (QED) is 0.587. The number of H-pyrrole nitrogens is 1. The average molecular weight is 187 g/mol. The molecule has 2 heterocycles. The van der Waals surface area contributed by atoms with Gasteiger partial charge in [0.25, 0.3) is 0 Å². The molecule has 1 aromatic carbocycles. The normalized spacial score (nSPS) is 9.43. The van der Waals surface area contributed by atoms with Gasteiger partial charge in [0, 0.05) is 5.39 Å². The van der Waals surface area contributed by atoms with Crippen molar-refractivity contribution in [3.63, 3.8) is 0 Å². The Morgan fingerprint density at radius 2 is 1.79 bits per heavy atom. The molecule has 0 bridgehead atoms. The first kappa shape index (κ1) is 8.50. The van der Waals surface area contributed by atoms with Crippen LogP contribution in [0.5, 0.6) is 0 Å². The van der Waals surface area contributed by atoms with Gasteiger partial charge in [-0.05, 0) is 12.1 Å². The number of fused-ring (bicyclic) bond motifs is 1. The van der Waals surface area contributed by atoms with Gasteiger partial charge in [0.1, 0.15) is 5.58 Å².